The Morgan fingerprint density at radius 3 is 2.40 bits per heavy atom. The molecular formula is C25H26. The normalized spacial score (nSPS) is 18.5. The average molecular weight is 326 g/mol. The van der Waals surface area contributed by atoms with Crippen LogP contribution in [0.1, 0.15) is 59.6 Å². The Labute approximate surface area is 151 Å². The lowest BCUT2D eigenvalue weighted by atomic mass is 9.89. The summed E-state index contributed by atoms with van der Waals surface area (Å²) in [5.41, 5.74) is 11.0. The molecular weight excluding hydrogens is 300 g/mol. The summed E-state index contributed by atoms with van der Waals surface area (Å²) in [6, 6.07) is 13.8. The zero-order valence-corrected chi connectivity index (χ0v) is 15.6. The SMILES string of the molecule is Cc1cc(C)cc(C2=CCC(c3ccc4c(c3)C=CC4C(C)C)=C2)c1. The van der Waals surface area contributed by atoms with Gasteiger partial charge >= 0.3 is 0 Å². The van der Waals surface area contributed by atoms with Gasteiger partial charge in [0, 0.05) is 5.92 Å². The minimum atomic E-state index is 0.575. The lowest BCUT2D eigenvalue weighted by Gasteiger charge is -2.15. The van der Waals surface area contributed by atoms with E-state index in [4.69, 9.17) is 0 Å². The summed E-state index contributed by atoms with van der Waals surface area (Å²) in [6.07, 6.45) is 10.4. The Bertz CT molecular complexity index is 899. The molecule has 0 nitrogen and oxygen atoms in total. The Kier molecular flexibility index (Phi) is 4.00. The van der Waals surface area contributed by atoms with Gasteiger partial charge in [-0.2, -0.15) is 0 Å². The van der Waals surface area contributed by atoms with Crippen LogP contribution in [-0.4, -0.2) is 0 Å². The van der Waals surface area contributed by atoms with Crippen LogP contribution in [0.3, 0.4) is 0 Å². The van der Waals surface area contributed by atoms with Gasteiger partial charge in [-0.05, 0) is 65.7 Å². The van der Waals surface area contributed by atoms with E-state index in [1.54, 1.807) is 0 Å². The first-order valence-electron chi connectivity index (χ1n) is 9.33. The van der Waals surface area contributed by atoms with Crippen LogP contribution in [0.5, 0.6) is 0 Å². The first-order chi connectivity index (χ1) is 12.0. The van der Waals surface area contributed by atoms with E-state index in [9.17, 15) is 0 Å². The fraction of sp³-hybridized carbons (Fsp3) is 0.280. The fourth-order valence-electron chi connectivity index (χ4n) is 4.18. The predicted molar refractivity (Wildman–Crippen MR) is 110 cm³/mol. The molecule has 25 heavy (non-hydrogen) atoms. The van der Waals surface area contributed by atoms with Crippen LogP contribution in [0.15, 0.2) is 54.6 Å². The van der Waals surface area contributed by atoms with Crippen molar-refractivity contribution in [2.24, 2.45) is 5.92 Å². The molecule has 0 N–H and O–H groups in total. The van der Waals surface area contributed by atoms with E-state index in [0.29, 0.717) is 11.8 Å². The van der Waals surface area contributed by atoms with E-state index in [1.807, 2.05) is 0 Å². The zero-order chi connectivity index (χ0) is 17.6. The van der Waals surface area contributed by atoms with E-state index in [1.165, 1.54) is 44.5 Å². The molecule has 0 heteroatoms. The van der Waals surface area contributed by atoms with E-state index in [2.05, 4.69) is 88.4 Å². The molecule has 4 rings (SSSR count). The van der Waals surface area contributed by atoms with Gasteiger partial charge < -0.3 is 0 Å². The first kappa shape index (κ1) is 16.1. The molecule has 2 aromatic rings. The molecule has 0 amide bonds. The number of hydrogen-bond donors (Lipinski definition) is 0. The van der Waals surface area contributed by atoms with Crippen LogP contribution in [0, 0.1) is 19.8 Å². The monoisotopic (exact) mass is 326 g/mol. The number of fused-ring (bicyclic) bond motifs is 1. The van der Waals surface area contributed by atoms with Crippen LogP contribution >= 0.6 is 0 Å². The van der Waals surface area contributed by atoms with Gasteiger partial charge in [0.2, 0.25) is 0 Å². The van der Waals surface area contributed by atoms with Crippen molar-refractivity contribution in [2.75, 3.05) is 0 Å². The standard InChI is InChI=1S/C25H26/c1-16(2)24-9-8-22-15-20(7-10-25(22)24)19-5-6-21(14-19)23-12-17(3)11-18(4)13-23/h6-16,24H,5H2,1-4H3. The maximum absolute atomic E-state index is 2.37. The average Bonchev–Trinajstić information content (AvgIpc) is 3.20. The van der Waals surface area contributed by atoms with Crippen LogP contribution < -0.4 is 0 Å². The molecule has 0 aliphatic heterocycles. The van der Waals surface area contributed by atoms with E-state index < -0.39 is 0 Å². The van der Waals surface area contributed by atoms with E-state index in [0.717, 1.165) is 6.42 Å². The Morgan fingerprint density at radius 2 is 1.68 bits per heavy atom. The molecule has 126 valence electrons. The van der Waals surface area contributed by atoms with Crippen molar-refractivity contribution >= 4 is 17.2 Å². The second-order valence-electron chi connectivity index (χ2n) is 7.88. The molecule has 0 saturated carbocycles. The van der Waals surface area contributed by atoms with Crippen molar-refractivity contribution < 1.29 is 0 Å². The summed E-state index contributed by atoms with van der Waals surface area (Å²) in [5, 5.41) is 0. The summed E-state index contributed by atoms with van der Waals surface area (Å²) in [4.78, 5) is 0. The molecule has 0 spiro atoms. The molecule has 0 fully saturated rings. The third-order valence-corrected chi connectivity index (χ3v) is 5.44. The first-order valence-corrected chi connectivity index (χ1v) is 9.33. The predicted octanol–water partition coefficient (Wildman–Crippen LogP) is 6.94. The van der Waals surface area contributed by atoms with Gasteiger partial charge in [0.05, 0.1) is 0 Å². The molecule has 0 heterocycles. The molecule has 2 aromatic carbocycles. The summed E-state index contributed by atoms with van der Waals surface area (Å²) in [7, 11) is 0. The fourth-order valence-corrected chi connectivity index (χ4v) is 4.18. The maximum Gasteiger partial charge on any atom is 0.00502 e. The molecule has 1 unspecified atom stereocenters. The highest BCUT2D eigenvalue weighted by Crippen LogP contribution is 2.39. The Hall–Kier alpha value is -2.34. The molecule has 0 bridgehead atoms. The van der Waals surface area contributed by atoms with Crippen molar-refractivity contribution in [3.63, 3.8) is 0 Å². The third-order valence-electron chi connectivity index (χ3n) is 5.44. The van der Waals surface area contributed by atoms with Gasteiger partial charge in [0.1, 0.15) is 0 Å². The summed E-state index contributed by atoms with van der Waals surface area (Å²) in [6.45, 7) is 8.96. The molecule has 0 aromatic heterocycles. The maximum atomic E-state index is 2.37. The lowest BCUT2D eigenvalue weighted by Crippen LogP contribution is -2.01. The quantitative estimate of drug-likeness (QED) is 0.573. The molecule has 0 saturated heterocycles. The highest BCUT2D eigenvalue weighted by atomic mass is 14.3. The summed E-state index contributed by atoms with van der Waals surface area (Å²) < 4.78 is 0. The molecule has 2 aliphatic rings. The van der Waals surface area contributed by atoms with E-state index in [-0.39, 0.29) is 0 Å². The number of hydrogen-bond acceptors (Lipinski definition) is 0. The molecule has 0 radical (unpaired) electrons. The van der Waals surface area contributed by atoms with E-state index >= 15 is 0 Å². The summed E-state index contributed by atoms with van der Waals surface area (Å²) >= 11 is 0. The number of allylic oxidation sites excluding steroid dienone is 5. The highest BCUT2D eigenvalue weighted by Gasteiger charge is 2.21. The smallest absolute Gasteiger partial charge is 0.00502 e. The van der Waals surface area contributed by atoms with Gasteiger partial charge in [-0.3, -0.25) is 0 Å². The van der Waals surface area contributed by atoms with Gasteiger partial charge in [-0.1, -0.05) is 79.6 Å². The lowest BCUT2D eigenvalue weighted by molar-refractivity contribution is 0.584. The zero-order valence-electron chi connectivity index (χ0n) is 15.6. The van der Waals surface area contributed by atoms with Crippen molar-refractivity contribution in [3.05, 3.63) is 88.0 Å². The van der Waals surface area contributed by atoms with Crippen molar-refractivity contribution in [1.82, 2.24) is 0 Å². The van der Waals surface area contributed by atoms with Crippen molar-refractivity contribution in [1.29, 1.82) is 0 Å². The van der Waals surface area contributed by atoms with Crippen LogP contribution in [0.2, 0.25) is 0 Å². The second kappa shape index (κ2) is 6.19. The van der Waals surface area contributed by atoms with Crippen LogP contribution in [-0.2, 0) is 0 Å². The Balaban J connectivity index is 1.63. The number of aryl methyl sites for hydroxylation is 2. The van der Waals surface area contributed by atoms with Gasteiger partial charge in [0.25, 0.3) is 0 Å². The molecule has 2 aliphatic carbocycles. The number of rotatable bonds is 3. The van der Waals surface area contributed by atoms with Crippen LogP contribution in [0.4, 0.5) is 0 Å². The van der Waals surface area contributed by atoms with Crippen LogP contribution in [0.25, 0.3) is 17.2 Å². The number of benzene rings is 2. The third kappa shape index (κ3) is 3.02. The summed E-state index contributed by atoms with van der Waals surface area (Å²) in [5.74, 6) is 1.23. The largest absolute Gasteiger partial charge is 0.0761 e. The van der Waals surface area contributed by atoms with Crippen molar-refractivity contribution in [2.45, 2.75) is 40.0 Å². The van der Waals surface area contributed by atoms with Gasteiger partial charge in [-0.25, -0.2) is 0 Å². The highest BCUT2D eigenvalue weighted by molar-refractivity contribution is 5.90. The minimum absolute atomic E-state index is 0.575. The second-order valence-corrected chi connectivity index (χ2v) is 7.88. The van der Waals surface area contributed by atoms with Gasteiger partial charge in [0.15, 0.2) is 0 Å². The minimum Gasteiger partial charge on any atom is -0.0761 e. The van der Waals surface area contributed by atoms with Gasteiger partial charge in [-0.15, -0.1) is 0 Å². The molecule has 1 atom stereocenters. The Morgan fingerprint density at radius 1 is 0.920 bits per heavy atom. The topological polar surface area (TPSA) is 0 Å². The van der Waals surface area contributed by atoms with Crippen molar-refractivity contribution in [3.8, 4) is 0 Å².